The molecule has 0 bridgehead atoms. The number of amides is 1. The second-order valence-electron chi connectivity index (χ2n) is 8.63. The van der Waals surface area contributed by atoms with Crippen LogP contribution in [0.3, 0.4) is 0 Å². The van der Waals surface area contributed by atoms with Crippen LogP contribution >= 0.6 is 23.2 Å². The highest BCUT2D eigenvalue weighted by Crippen LogP contribution is 2.43. The molecule has 0 saturated carbocycles. The molecule has 5 rings (SSSR count). The number of hydrogen-bond acceptors (Lipinski definition) is 4. The van der Waals surface area contributed by atoms with Crippen molar-refractivity contribution in [1.29, 1.82) is 0 Å². The van der Waals surface area contributed by atoms with Crippen LogP contribution < -0.4 is 9.64 Å². The van der Waals surface area contributed by atoms with Crippen molar-refractivity contribution >= 4 is 46.4 Å². The van der Waals surface area contributed by atoms with Crippen molar-refractivity contribution in [3.8, 4) is 5.75 Å². The van der Waals surface area contributed by atoms with Gasteiger partial charge in [0.15, 0.2) is 5.78 Å². The molecule has 0 aromatic heterocycles. The normalized spacial score (nSPS) is 17.2. The highest BCUT2D eigenvalue weighted by Gasteiger charge is 2.52. The number of benzene rings is 4. The number of anilines is 1. The summed E-state index contributed by atoms with van der Waals surface area (Å²) in [4.78, 5) is 41.4. The molecule has 37 heavy (non-hydrogen) atoms. The fraction of sp³-hybridized carbons (Fsp3) is 0.100. The maximum atomic E-state index is 13.5. The van der Waals surface area contributed by atoms with Crippen molar-refractivity contribution in [3.05, 3.63) is 130 Å². The average Bonchev–Trinajstić information content (AvgIpc) is 3.19. The van der Waals surface area contributed by atoms with E-state index in [1.54, 1.807) is 72.8 Å². The summed E-state index contributed by atoms with van der Waals surface area (Å²) in [5.41, 5.74) is 2.34. The second-order valence-corrected chi connectivity index (χ2v) is 9.48. The zero-order chi connectivity index (χ0) is 25.9. The lowest BCUT2D eigenvalue weighted by Gasteiger charge is -2.27. The third-order valence-electron chi connectivity index (χ3n) is 6.29. The Morgan fingerprint density at radius 2 is 1.46 bits per heavy atom. The maximum absolute atomic E-state index is 13.5. The highest BCUT2D eigenvalue weighted by atomic mass is 35.5. The van der Waals surface area contributed by atoms with Crippen LogP contribution in [0.2, 0.25) is 10.0 Å². The smallest absolute Gasteiger partial charge is 0.295 e. The van der Waals surface area contributed by atoms with Gasteiger partial charge < -0.3 is 4.74 Å². The summed E-state index contributed by atoms with van der Waals surface area (Å²) < 4.78 is 5.86. The lowest BCUT2D eigenvalue weighted by atomic mass is 9.86. The van der Waals surface area contributed by atoms with Gasteiger partial charge in [0.2, 0.25) is 5.78 Å². The molecule has 1 aliphatic heterocycles. The van der Waals surface area contributed by atoms with E-state index in [1.165, 1.54) is 4.90 Å². The molecule has 0 N–H and O–H groups in total. The summed E-state index contributed by atoms with van der Waals surface area (Å²) in [5, 5.41) is 0.779. The Morgan fingerprint density at radius 3 is 2.11 bits per heavy atom. The number of halogens is 2. The fourth-order valence-electron chi connectivity index (χ4n) is 4.49. The van der Waals surface area contributed by atoms with E-state index in [-0.39, 0.29) is 5.02 Å². The number of rotatable bonds is 7. The Hall–Kier alpha value is -3.93. The molecule has 184 valence electrons. The summed E-state index contributed by atoms with van der Waals surface area (Å²) in [6, 6.07) is 28.9. The summed E-state index contributed by atoms with van der Waals surface area (Å²) in [7, 11) is 0. The first kappa shape index (κ1) is 24.8. The van der Waals surface area contributed by atoms with Crippen molar-refractivity contribution in [3.63, 3.8) is 0 Å². The lowest BCUT2D eigenvalue weighted by molar-refractivity contribution is -0.135. The van der Waals surface area contributed by atoms with Gasteiger partial charge in [0.05, 0.1) is 11.1 Å². The van der Waals surface area contributed by atoms with Crippen LogP contribution in [-0.4, -0.2) is 17.5 Å². The summed E-state index contributed by atoms with van der Waals surface area (Å²) >= 11 is 12.6. The number of carbonyl (C=O) groups excluding carboxylic acids is 3. The van der Waals surface area contributed by atoms with E-state index in [9.17, 15) is 14.4 Å². The third kappa shape index (κ3) is 5.01. The van der Waals surface area contributed by atoms with E-state index in [2.05, 4.69) is 0 Å². The first-order chi connectivity index (χ1) is 17.9. The van der Waals surface area contributed by atoms with Crippen LogP contribution in [-0.2, 0) is 16.2 Å². The Bertz CT molecular complexity index is 1460. The fourth-order valence-corrected chi connectivity index (χ4v) is 4.84. The molecule has 4 aromatic carbocycles. The quantitative estimate of drug-likeness (QED) is 0.151. The largest absolute Gasteiger partial charge is 0.487 e. The standard InChI is InChI=1S/C30H21Cl2NO4/c31-22-13-11-20(12-14-22)27-26(28(34)21-9-5-2-6-10-21)29(35)30(36)33(27)23-15-16-25(24(32)17-23)37-18-19-7-3-1-4-8-19/h1-17,26-27H,18H2. The molecular formula is C30H21Cl2NO4. The number of ether oxygens (including phenoxy) is 1. The lowest BCUT2D eigenvalue weighted by Crippen LogP contribution is -2.30. The van der Waals surface area contributed by atoms with Gasteiger partial charge in [0, 0.05) is 16.3 Å². The van der Waals surface area contributed by atoms with Crippen molar-refractivity contribution in [2.45, 2.75) is 12.6 Å². The molecule has 1 amide bonds. The molecule has 0 spiro atoms. The number of carbonyl (C=O) groups is 3. The molecule has 1 saturated heterocycles. The van der Waals surface area contributed by atoms with Gasteiger partial charge in [0.1, 0.15) is 18.3 Å². The minimum atomic E-state index is -1.22. The van der Waals surface area contributed by atoms with Crippen LogP contribution in [0, 0.1) is 5.92 Å². The predicted molar refractivity (Wildman–Crippen MR) is 143 cm³/mol. The van der Waals surface area contributed by atoms with Crippen LogP contribution in [0.1, 0.15) is 27.5 Å². The van der Waals surface area contributed by atoms with Crippen LogP contribution in [0.4, 0.5) is 5.69 Å². The Kier molecular flexibility index (Phi) is 7.08. The van der Waals surface area contributed by atoms with Gasteiger partial charge >= 0.3 is 0 Å². The number of Topliss-reactive ketones (excluding diaryl/α,β-unsaturated/α-hetero) is 2. The summed E-state index contributed by atoms with van der Waals surface area (Å²) in [5.74, 6) is -2.75. The monoisotopic (exact) mass is 529 g/mol. The predicted octanol–water partition coefficient (Wildman–Crippen LogP) is 6.73. The van der Waals surface area contributed by atoms with Gasteiger partial charge in [-0.2, -0.15) is 0 Å². The van der Waals surface area contributed by atoms with Crippen LogP contribution in [0.15, 0.2) is 103 Å². The molecule has 1 heterocycles. The Morgan fingerprint density at radius 1 is 0.811 bits per heavy atom. The van der Waals surface area contributed by atoms with E-state index in [4.69, 9.17) is 27.9 Å². The van der Waals surface area contributed by atoms with Gasteiger partial charge in [0.25, 0.3) is 5.91 Å². The van der Waals surface area contributed by atoms with Crippen molar-refractivity contribution in [2.75, 3.05) is 4.90 Å². The highest BCUT2D eigenvalue weighted by molar-refractivity contribution is 6.49. The SMILES string of the molecule is O=C1C(=O)N(c2ccc(OCc3ccccc3)c(Cl)c2)C(c2ccc(Cl)cc2)C1C(=O)c1ccccc1. The van der Waals surface area contributed by atoms with Crippen molar-refractivity contribution < 1.29 is 19.1 Å². The maximum Gasteiger partial charge on any atom is 0.295 e. The second kappa shape index (κ2) is 10.6. The van der Waals surface area contributed by atoms with E-state index < -0.39 is 29.4 Å². The molecule has 2 unspecified atom stereocenters. The molecule has 1 aliphatic rings. The average molecular weight is 530 g/mol. The molecule has 0 radical (unpaired) electrons. The molecule has 0 aliphatic carbocycles. The van der Waals surface area contributed by atoms with Gasteiger partial charge in [-0.3, -0.25) is 19.3 Å². The van der Waals surface area contributed by atoms with Crippen molar-refractivity contribution in [1.82, 2.24) is 0 Å². The third-order valence-corrected chi connectivity index (χ3v) is 6.84. The van der Waals surface area contributed by atoms with Crippen LogP contribution in [0.25, 0.3) is 0 Å². The topological polar surface area (TPSA) is 63.7 Å². The molecular weight excluding hydrogens is 509 g/mol. The Balaban J connectivity index is 1.51. The molecule has 7 heteroatoms. The van der Waals surface area contributed by atoms with Gasteiger partial charge in [-0.15, -0.1) is 0 Å². The minimum absolute atomic E-state index is 0.279. The number of ketones is 2. The van der Waals surface area contributed by atoms with E-state index in [0.29, 0.717) is 34.2 Å². The zero-order valence-electron chi connectivity index (χ0n) is 19.5. The molecule has 2 atom stereocenters. The summed E-state index contributed by atoms with van der Waals surface area (Å²) in [6.45, 7) is 0.322. The van der Waals surface area contributed by atoms with E-state index in [1.807, 2.05) is 30.3 Å². The van der Waals surface area contributed by atoms with E-state index in [0.717, 1.165) is 5.56 Å². The van der Waals surface area contributed by atoms with Gasteiger partial charge in [-0.25, -0.2) is 0 Å². The number of nitrogens with zero attached hydrogens (tertiary/aromatic N) is 1. The van der Waals surface area contributed by atoms with Crippen LogP contribution in [0.5, 0.6) is 5.75 Å². The number of hydrogen-bond donors (Lipinski definition) is 0. The van der Waals surface area contributed by atoms with Gasteiger partial charge in [-0.05, 0) is 41.5 Å². The molecule has 5 nitrogen and oxygen atoms in total. The first-order valence-electron chi connectivity index (χ1n) is 11.6. The molecule has 4 aromatic rings. The van der Waals surface area contributed by atoms with Gasteiger partial charge in [-0.1, -0.05) is 96.0 Å². The van der Waals surface area contributed by atoms with E-state index >= 15 is 0 Å². The zero-order valence-corrected chi connectivity index (χ0v) is 21.0. The van der Waals surface area contributed by atoms with Crippen molar-refractivity contribution in [2.24, 2.45) is 5.92 Å². The first-order valence-corrected chi connectivity index (χ1v) is 12.4. The summed E-state index contributed by atoms with van der Waals surface area (Å²) in [6.07, 6.45) is 0. The molecule has 1 fully saturated rings. The minimum Gasteiger partial charge on any atom is -0.487 e. The Labute approximate surface area is 224 Å².